The van der Waals surface area contributed by atoms with Gasteiger partial charge in [-0.3, -0.25) is 4.79 Å². The average molecular weight is 435 g/mol. The van der Waals surface area contributed by atoms with Crippen LogP contribution in [-0.2, 0) is 11.3 Å². The fraction of sp³-hybridized carbons (Fsp3) is 0.269. The minimum atomic E-state index is -0.220. The normalized spacial score (nSPS) is 10.4. The molecule has 0 aliphatic carbocycles. The third-order valence-corrected chi connectivity index (χ3v) is 5.13. The number of hydrogen-bond acceptors (Lipinski definition) is 5. The van der Waals surface area contributed by atoms with E-state index in [1.54, 1.807) is 7.11 Å². The average Bonchev–Trinajstić information content (AvgIpc) is 2.80. The van der Waals surface area contributed by atoms with Gasteiger partial charge in [0, 0.05) is 17.9 Å². The van der Waals surface area contributed by atoms with Crippen LogP contribution in [0.2, 0.25) is 0 Å². The molecule has 3 rings (SSSR count). The fourth-order valence-corrected chi connectivity index (χ4v) is 3.20. The Labute approximate surface area is 189 Å². The number of nitrogens with one attached hydrogen (secondary N) is 2. The summed E-state index contributed by atoms with van der Waals surface area (Å²) < 4.78 is 16.6. The number of amides is 1. The number of carbonyl (C=O) groups excluding carboxylic acids is 1. The summed E-state index contributed by atoms with van der Waals surface area (Å²) in [6, 6.07) is 19.3. The number of benzene rings is 3. The SMILES string of the molecule is CCOc1ccc(NCc2ccc(OCC(=O)Nc3cccc(C)c3C)c(OC)c2)cc1. The van der Waals surface area contributed by atoms with E-state index in [2.05, 4.69) is 10.6 Å². The van der Waals surface area contributed by atoms with Crippen molar-refractivity contribution >= 4 is 17.3 Å². The molecule has 6 nitrogen and oxygen atoms in total. The first-order chi connectivity index (χ1) is 15.5. The van der Waals surface area contributed by atoms with Crippen molar-refractivity contribution in [2.45, 2.75) is 27.3 Å². The van der Waals surface area contributed by atoms with Gasteiger partial charge in [0.2, 0.25) is 0 Å². The highest BCUT2D eigenvalue weighted by molar-refractivity contribution is 5.92. The summed E-state index contributed by atoms with van der Waals surface area (Å²) in [5.74, 6) is 1.73. The number of aryl methyl sites for hydroxylation is 1. The number of carbonyl (C=O) groups is 1. The molecule has 0 unspecified atom stereocenters. The Morgan fingerprint density at radius 2 is 1.72 bits per heavy atom. The summed E-state index contributed by atoms with van der Waals surface area (Å²) >= 11 is 0. The molecule has 3 aromatic rings. The number of rotatable bonds is 10. The van der Waals surface area contributed by atoms with E-state index in [1.807, 2.05) is 81.4 Å². The molecule has 0 atom stereocenters. The Morgan fingerprint density at radius 1 is 0.938 bits per heavy atom. The lowest BCUT2D eigenvalue weighted by atomic mass is 10.1. The van der Waals surface area contributed by atoms with Gasteiger partial charge in [0.1, 0.15) is 5.75 Å². The zero-order valence-corrected chi connectivity index (χ0v) is 19.0. The van der Waals surface area contributed by atoms with Crippen LogP contribution in [0.1, 0.15) is 23.6 Å². The summed E-state index contributed by atoms with van der Waals surface area (Å²) in [6.45, 7) is 7.12. The first kappa shape index (κ1) is 23.0. The van der Waals surface area contributed by atoms with Crippen LogP contribution in [0.5, 0.6) is 17.2 Å². The van der Waals surface area contributed by atoms with E-state index >= 15 is 0 Å². The van der Waals surface area contributed by atoms with Crippen LogP contribution < -0.4 is 24.8 Å². The van der Waals surface area contributed by atoms with E-state index in [4.69, 9.17) is 14.2 Å². The number of hydrogen-bond donors (Lipinski definition) is 2. The minimum absolute atomic E-state index is 0.104. The van der Waals surface area contributed by atoms with Gasteiger partial charge in [-0.25, -0.2) is 0 Å². The zero-order valence-electron chi connectivity index (χ0n) is 19.0. The number of methoxy groups -OCH3 is 1. The number of anilines is 2. The van der Waals surface area contributed by atoms with Crippen LogP contribution in [-0.4, -0.2) is 26.2 Å². The summed E-state index contributed by atoms with van der Waals surface area (Å²) in [4.78, 5) is 12.3. The monoisotopic (exact) mass is 434 g/mol. The lowest BCUT2D eigenvalue weighted by Crippen LogP contribution is -2.21. The van der Waals surface area contributed by atoms with Gasteiger partial charge in [-0.15, -0.1) is 0 Å². The molecule has 0 radical (unpaired) electrons. The van der Waals surface area contributed by atoms with Crippen molar-refractivity contribution in [3.8, 4) is 17.2 Å². The Balaban J connectivity index is 1.56. The maximum Gasteiger partial charge on any atom is 0.262 e. The molecule has 0 aliphatic heterocycles. The van der Waals surface area contributed by atoms with Crippen molar-refractivity contribution < 1.29 is 19.0 Å². The zero-order chi connectivity index (χ0) is 22.9. The van der Waals surface area contributed by atoms with E-state index < -0.39 is 0 Å². The molecule has 32 heavy (non-hydrogen) atoms. The third kappa shape index (κ3) is 6.17. The molecule has 3 aromatic carbocycles. The van der Waals surface area contributed by atoms with Gasteiger partial charge in [0.25, 0.3) is 5.91 Å². The molecule has 0 bridgehead atoms. The van der Waals surface area contributed by atoms with Gasteiger partial charge in [0.05, 0.1) is 13.7 Å². The Hall–Kier alpha value is -3.67. The van der Waals surface area contributed by atoms with Crippen LogP contribution in [0.3, 0.4) is 0 Å². The van der Waals surface area contributed by atoms with Gasteiger partial charge < -0.3 is 24.8 Å². The summed E-state index contributed by atoms with van der Waals surface area (Å²) in [7, 11) is 1.59. The highest BCUT2D eigenvalue weighted by atomic mass is 16.5. The largest absolute Gasteiger partial charge is 0.494 e. The van der Waals surface area contributed by atoms with Crippen molar-refractivity contribution in [3.63, 3.8) is 0 Å². The highest BCUT2D eigenvalue weighted by Gasteiger charge is 2.10. The standard InChI is InChI=1S/C26H30N2O4/c1-5-31-22-12-10-21(11-13-22)27-16-20-9-14-24(25(15-20)30-4)32-17-26(29)28-23-8-6-7-18(2)19(23)3/h6-15,27H,5,16-17H2,1-4H3,(H,28,29). The molecule has 2 N–H and O–H groups in total. The van der Waals surface area contributed by atoms with Gasteiger partial charge in [-0.1, -0.05) is 18.2 Å². The molecular formula is C26H30N2O4. The molecular weight excluding hydrogens is 404 g/mol. The third-order valence-electron chi connectivity index (χ3n) is 5.13. The second kappa shape index (κ2) is 11.1. The van der Waals surface area contributed by atoms with Gasteiger partial charge >= 0.3 is 0 Å². The van der Waals surface area contributed by atoms with Gasteiger partial charge in [-0.05, 0) is 79.9 Å². The van der Waals surface area contributed by atoms with E-state index in [0.29, 0.717) is 24.7 Å². The maximum absolute atomic E-state index is 12.3. The molecule has 6 heteroatoms. The fourth-order valence-electron chi connectivity index (χ4n) is 3.20. The summed E-state index contributed by atoms with van der Waals surface area (Å²) in [5, 5.41) is 6.27. The molecule has 0 saturated carbocycles. The molecule has 168 valence electrons. The van der Waals surface area contributed by atoms with Gasteiger partial charge in [0.15, 0.2) is 18.1 Å². The molecule has 0 aliphatic rings. The molecule has 0 heterocycles. The Morgan fingerprint density at radius 3 is 2.44 bits per heavy atom. The first-order valence-electron chi connectivity index (χ1n) is 10.6. The maximum atomic E-state index is 12.3. The van der Waals surface area contributed by atoms with Crippen LogP contribution in [0.4, 0.5) is 11.4 Å². The second-order valence-corrected chi connectivity index (χ2v) is 7.38. The molecule has 0 spiro atoms. The quantitative estimate of drug-likeness (QED) is 0.451. The molecule has 0 saturated heterocycles. The van der Waals surface area contributed by atoms with Crippen molar-refractivity contribution in [1.82, 2.24) is 0 Å². The van der Waals surface area contributed by atoms with Crippen LogP contribution in [0.25, 0.3) is 0 Å². The van der Waals surface area contributed by atoms with Gasteiger partial charge in [-0.2, -0.15) is 0 Å². The highest BCUT2D eigenvalue weighted by Crippen LogP contribution is 2.29. The predicted octanol–water partition coefficient (Wildman–Crippen LogP) is 5.34. The lowest BCUT2D eigenvalue weighted by molar-refractivity contribution is -0.118. The first-order valence-corrected chi connectivity index (χ1v) is 10.6. The van der Waals surface area contributed by atoms with Crippen molar-refractivity contribution in [2.24, 2.45) is 0 Å². The lowest BCUT2D eigenvalue weighted by Gasteiger charge is -2.14. The van der Waals surface area contributed by atoms with Crippen molar-refractivity contribution in [1.29, 1.82) is 0 Å². The van der Waals surface area contributed by atoms with E-state index in [9.17, 15) is 4.79 Å². The smallest absolute Gasteiger partial charge is 0.262 e. The van der Waals surface area contributed by atoms with Crippen molar-refractivity contribution in [2.75, 3.05) is 31.0 Å². The molecule has 0 aromatic heterocycles. The second-order valence-electron chi connectivity index (χ2n) is 7.38. The topological polar surface area (TPSA) is 68.8 Å². The van der Waals surface area contributed by atoms with Crippen LogP contribution in [0.15, 0.2) is 60.7 Å². The number of ether oxygens (including phenoxy) is 3. The Kier molecular flexibility index (Phi) is 7.97. The summed E-state index contributed by atoms with van der Waals surface area (Å²) in [5.41, 5.74) is 4.99. The molecule has 0 fully saturated rings. The van der Waals surface area contributed by atoms with Crippen molar-refractivity contribution in [3.05, 3.63) is 77.4 Å². The van der Waals surface area contributed by atoms with E-state index in [1.165, 1.54) is 0 Å². The minimum Gasteiger partial charge on any atom is -0.494 e. The van der Waals surface area contributed by atoms with Crippen LogP contribution in [0, 0.1) is 13.8 Å². The molecule has 1 amide bonds. The summed E-state index contributed by atoms with van der Waals surface area (Å²) in [6.07, 6.45) is 0. The van der Waals surface area contributed by atoms with E-state index in [-0.39, 0.29) is 12.5 Å². The van der Waals surface area contributed by atoms with E-state index in [0.717, 1.165) is 33.8 Å². The Bertz CT molecular complexity index is 1050. The predicted molar refractivity (Wildman–Crippen MR) is 128 cm³/mol. The van der Waals surface area contributed by atoms with Crippen LogP contribution >= 0.6 is 0 Å².